The monoisotopic (exact) mass is 238 g/mol. The molecule has 8 nitrogen and oxygen atoms in total. The van der Waals surface area contributed by atoms with Crippen molar-refractivity contribution in [2.45, 2.75) is 0 Å². The maximum atomic E-state index is 8.56. The van der Waals surface area contributed by atoms with Crippen LogP contribution in [0.15, 0.2) is 46.9 Å². The van der Waals surface area contributed by atoms with Crippen LogP contribution in [-0.2, 0) is 0 Å². The van der Waals surface area contributed by atoms with Crippen molar-refractivity contribution in [1.29, 1.82) is 0 Å². The van der Waals surface area contributed by atoms with Gasteiger partial charge in [-0.3, -0.25) is 9.97 Å². The summed E-state index contributed by atoms with van der Waals surface area (Å²) >= 11 is 0. The van der Waals surface area contributed by atoms with Crippen LogP contribution in [0.4, 0.5) is 11.4 Å². The summed E-state index contributed by atoms with van der Waals surface area (Å²) in [6.07, 6.45) is 3.06. The fraction of sp³-hybridized carbons (Fsp3) is 0. The predicted molar refractivity (Wildman–Crippen MR) is 65.1 cm³/mol. The lowest BCUT2D eigenvalue weighted by Crippen LogP contribution is -1.86. The van der Waals surface area contributed by atoms with Crippen LogP contribution < -0.4 is 0 Å². The zero-order valence-corrected chi connectivity index (χ0v) is 9.04. The first-order chi connectivity index (χ1) is 8.86. The Labute approximate surface area is 101 Å². The van der Waals surface area contributed by atoms with Gasteiger partial charge in [-0.25, -0.2) is 0 Å². The molecular formula is C10H6N8. The second kappa shape index (κ2) is 5.31. The lowest BCUT2D eigenvalue weighted by molar-refractivity contribution is 1.22. The molecule has 0 aliphatic carbocycles. The Hall–Kier alpha value is -3.08. The zero-order valence-electron chi connectivity index (χ0n) is 9.04. The van der Waals surface area contributed by atoms with E-state index in [0.717, 1.165) is 0 Å². The lowest BCUT2D eigenvalue weighted by atomic mass is 10.2. The zero-order chi connectivity index (χ0) is 12.8. The van der Waals surface area contributed by atoms with Crippen molar-refractivity contribution in [3.63, 3.8) is 0 Å². The summed E-state index contributed by atoms with van der Waals surface area (Å²) in [6.45, 7) is 0. The van der Waals surface area contributed by atoms with Crippen LogP contribution in [0.2, 0.25) is 0 Å². The van der Waals surface area contributed by atoms with Gasteiger partial charge in [-0.1, -0.05) is 16.3 Å². The Morgan fingerprint density at radius 2 is 1.78 bits per heavy atom. The third-order valence-electron chi connectivity index (χ3n) is 2.11. The molecule has 8 heteroatoms. The maximum Gasteiger partial charge on any atom is 0.0986 e. The molecule has 2 aromatic rings. The SMILES string of the molecule is [N-]=[N+]=Nc1ccnc(-c2ccccn2)c1N=[N+]=[N-]. The van der Waals surface area contributed by atoms with Crippen molar-refractivity contribution in [3.8, 4) is 11.4 Å². The quantitative estimate of drug-likeness (QED) is 0.455. The fourth-order valence-corrected chi connectivity index (χ4v) is 1.41. The molecule has 0 saturated heterocycles. The Kier molecular flexibility index (Phi) is 3.36. The van der Waals surface area contributed by atoms with Crippen molar-refractivity contribution in [1.82, 2.24) is 9.97 Å². The van der Waals surface area contributed by atoms with Gasteiger partial charge in [0.25, 0.3) is 0 Å². The van der Waals surface area contributed by atoms with Gasteiger partial charge in [0.1, 0.15) is 0 Å². The predicted octanol–water partition coefficient (Wildman–Crippen LogP) is 4.03. The smallest absolute Gasteiger partial charge is 0.0986 e. The van der Waals surface area contributed by atoms with E-state index < -0.39 is 0 Å². The third kappa shape index (κ3) is 2.19. The number of pyridine rings is 2. The largest absolute Gasteiger partial charge is 0.255 e. The average Bonchev–Trinajstić information content (AvgIpc) is 2.42. The highest BCUT2D eigenvalue weighted by Crippen LogP contribution is 2.35. The van der Waals surface area contributed by atoms with Crippen LogP contribution in [0.5, 0.6) is 0 Å². The van der Waals surface area contributed by atoms with Gasteiger partial charge < -0.3 is 0 Å². The fourth-order valence-electron chi connectivity index (χ4n) is 1.41. The summed E-state index contributed by atoms with van der Waals surface area (Å²) in [5.74, 6) is 0. The number of nitrogens with zero attached hydrogens (tertiary/aromatic N) is 8. The average molecular weight is 238 g/mol. The minimum absolute atomic E-state index is 0.163. The van der Waals surface area contributed by atoms with Crippen molar-refractivity contribution in [2.24, 2.45) is 10.2 Å². The number of azide groups is 2. The van der Waals surface area contributed by atoms with Gasteiger partial charge in [0.15, 0.2) is 0 Å². The van der Waals surface area contributed by atoms with E-state index >= 15 is 0 Å². The lowest BCUT2D eigenvalue weighted by Gasteiger charge is -2.05. The summed E-state index contributed by atoms with van der Waals surface area (Å²) in [4.78, 5) is 13.6. The molecule has 0 amide bonds. The van der Waals surface area contributed by atoms with E-state index in [1.54, 1.807) is 24.4 Å². The van der Waals surface area contributed by atoms with E-state index in [0.29, 0.717) is 11.4 Å². The normalized spacial score (nSPS) is 9.11. The summed E-state index contributed by atoms with van der Waals surface area (Å²) in [5.41, 5.74) is 18.3. The second-order valence-electron chi connectivity index (χ2n) is 3.12. The maximum absolute atomic E-state index is 8.56. The van der Waals surface area contributed by atoms with Crippen molar-refractivity contribution < 1.29 is 0 Å². The Balaban J connectivity index is 2.71. The van der Waals surface area contributed by atoms with E-state index in [4.69, 9.17) is 11.1 Å². The van der Waals surface area contributed by atoms with Gasteiger partial charge >= 0.3 is 0 Å². The minimum atomic E-state index is 0.163. The number of hydrogen-bond acceptors (Lipinski definition) is 4. The second-order valence-corrected chi connectivity index (χ2v) is 3.12. The summed E-state index contributed by atoms with van der Waals surface area (Å²) in [6, 6.07) is 6.73. The molecule has 0 bridgehead atoms. The molecule has 0 aromatic carbocycles. The Morgan fingerprint density at radius 3 is 2.44 bits per heavy atom. The van der Waals surface area contributed by atoms with Crippen LogP contribution in [0.3, 0.4) is 0 Å². The number of aromatic nitrogens is 2. The highest BCUT2D eigenvalue weighted by molar-refractivity contribution is 5.78. The van der Waals surface area contributed by atoms with Gasteiger partial charge in [0.2, 0.25) is 0 Å². The molecule has 2 aromatic heterocycles. The van der Waals surface area contributed by atoms with Gasteiger partial charge in [0.05, 0.1) is 22.8 Å². The number of rotatable bonds is 3. The van der Waals surface area contributed by atoms with Crippen LogP contribution in [0, 0.1) is 0 Å². The molecule has 0 aliphatic rings. The molecule has 0 unspecified atom stereocenters. The van der Waals surface area contributed by atoms with E-state index in [9.17, 15) is 0 Å². The standard InChI is InChI=1S/C10H6N8/c11-17-15-8-4-6-14-9(10(8)16-18-12)7-3-1-2-5-13-7/h1-6H. The van der Waals surface area contributed by atoms with E-state index in [1.807, 2.05) is 0 Å². The van der Waals surface area contributed by atoms with Gasteiger partial charge in [-0.05, 0) is 29.3 Å². The topological polar surface area (TPSA) is 123 Å². The molecule has 0 atom stereocenters. The molecule has 0 radical (unpaired) electrons. The third-order valence-corrected chi connectivity index (χ3v) is 2.11. The highest BCUT2D eigenvalue weighted by Gasteiger charge is 2.10. The molecule has 0 saturated carbocycles. The van der Waals surface area contributed by atoms with Gasteiger partial charge in [-0.2, -0.15) is 0 Å². The molecule has 18 heavy (non-hydrogen) atoms. The first-order valence-corrected chi connectivity index (χ1v) is 4.87. The van der Waals surface area contributed by atoms with Crippen LogP contribution in [0.25, 0.3) is 32.3 Å². The molecule has 86 valence electrons. The Bertz CT molecular complexity index is 653. The van der Waals surface area contributed by atoms with E-state index in [2.05, 4.69) is 30.0 Å². The van der Waals surface area contributed by atoms with Crippen molar-refractivity contribution in [2.75, 3.05) is 0 Å². The molecule has 2 rings (SSSR count). The van der Waals surface area contributed by atoms with Crippen molar-refractivity contribution in [3.05, 3.63) is 57.5 Å². The summed E-state index contributed by atoms with van der Waals surface area (Å²) < 4.78 is 0. The molecular weight excluding hydrogens is 232 g/mol. The molecule has 0 N–H and O–H groups in total. The summed E-state index contributed by atoms with van der Waals surface area (Å²) in [5, 5.41) is 6.97. The van der Waals surface area contributed by atoms with E-state index in [-0.39, 0.29) is 11.4 Å². The molecule has 0 aliphatic heterocycles. The first-order valence-electron chi connectivity index (χ1n) is 4.87. The van der Waals surface area contributed by atoms with Gasteiger partial charge in [0, 0.05) is 22.2 Å². The van der Waals surface area contributed by atoms with E-state index in [1.165, 1.54) is 12.3 Å². The van der Waals surface area contributed by atoms with Crippen LogP contribution >= 0.6 is 0 Å². The molecule has 0 fully saturated rings. The van der Waals surface area contributed by atoms with Crippen LogP contribution in [0.1, 0.15) is 0 Å². The molecule has 0 spiro atoms. The molecule has 2 heterocycles. The summed E-state index contributed by atoms with van der Waals surface area (Å²) in [7, 11) is 0. The number of hydrogen-bond donors (Lipinski definition) is 0. The Morgan fingerprint density at radius 1 is 0.944 bits per heavy atom. The van der Waals surface area contributed by atoms with Gasteiger partial charge in [-0.15, -0.1) is 0 Å². The minimum Gasteiger partial charge on any atom is -0.255 e. The van der Waals surface area contributed by atoms with Crippen LogP contribution in [-0.4, -0.2) is 9.97 Å². The van der Waals surface area contributed by atoms with Crippen molar-refractivity contribution >= 4 is 11.4 Å². The first kappa shape index (κ1) is 11.4. The highest BCUT2D eigenvalue weighted by atomic mass is 15.2.